The Kier molecular flexibility index (Phi) is 4.56. The van der Waals surface area contributed by atoms with E-state index < -0.39 is 0 Å². The number of benzene rings is 2. The van der Waals surface area contributed by atoms with E-state index in [4.69, 9.17) is 0 Å². The van der Waals surface area contributed by atoms with Crippen molar-refractivity contribution in [3.63, 3.8) is 0 Å². The Labute approximate surface area is 117 Å². The van der Waals surface area contributed by atoms with Gasteiger partial charge in [0.1, 0.15) is 0 Å². The quantitative estimate of drug-likeness (QED) is 0.850. The van der Waals surface area contributed by atoms with Crippen LogP contribution >= 0.6 is 15.9 Å². The van der Waals surface area contributed by atoms with E-state index in [2.05, 4.69) is 77.6 Å². The fraction of sp³-hybridized carbons (Fsp3) is 0.250. The van der Waals surface area contributed by atoms with E-state index in [-0.39, 0.29) is 0 Å². The van der Waals surface area contributed by atoms with Gasteiger partial charge in [-0.1, -0.05) is 64.5 Å². The summed E-state index contributed by atoms with van der Waals surface area (Å²) < 4.78 is 1.16. The van der Waals surface area contributed by atoms with Crippen LogP contribution in [0.25, 0.3) is 0 Å². The SMILES string of the molecule is CC(NC(C)c1ccccc1Br)c1ccccc1. The van der Waals surface area contributed by atoms with Crippen LogP contribution in [-0.2, 0) is 0 Å². The molecule has 0 aliphatic rings. The Bertz CT molecular complexity index is 495. The molecule has 0 bridgehead atoms. The molecule has 0 radical (unpaired) electrons. The molecule has 2 aromatic carbocycles. The normalized spacial score (nSPS) is 14.2. The first-order chi connectivity index (χ1) is 8.68. The Morgan fingerprint density at radius 2 is 1.44 bits per heavy atom. The molecule has 0 saturated carbocycles. The molecule has 1 N–H and O–H groups in total. The molecule has 0 amide bonds. The van der Waals surface area contributed by atoms with Crippen LogP contribution in [0.5, 0.6) is 0 Å². The minimum absolute atomic E-state index is 0.316. The molecule has 0 spiro atoms. The molecule has 0 heterocycles. The number of halogens is 1. The third-order valence-electron chi connectivity index (χ3n) is 3.17. The smallest absolute Gasteiger partial charge is 0.0308 e. The first-order valence-electron chi connectivity index (χ1n) is 6.24. The zero-order valence-electron chi connectivity index (χ0n) is 10.7. The fourth-order valence-corrected chi connectivity index (χ4v) is 2.76. The molecule has 2 unspecified atom stereocenters. The molecule has 0 aliphatic heterocycles. The second kappa shape index (κ2) is 6.17. The second-order valence-electron chi connectivity index (χ2n) is 4.54. The second-order valence-corrected chi connectivity index (χ2v) is 5.40. The average molecular weight is 304 g/mol. The lowest BCUT2D eigenvalue weighted by atomic mass is 10.0. The molecular weight excluding hydrogens is 286 g/mol. The summed E-state index contributed by atoms with van der Waals surface area (Å²) in [4.78, 5) is 0. The molecule has 1 nitrogen and oxygen atoms in total. The summed E-state index contributed by atoms with van der Waals surface area (Å²) in [6.45, 7) is 4.39. The molecule has 0 aliphatic carbocycles. The Hall–Kier alpha value is -1.12. The average Bonchev–Trinajstić information content (AvgIpc) is 2.40. The molecule has 18 heavy (non-hydrogen) atoms. The zero-order chi connectivity index (χ0) is 13.0. The van der Waals surface area contributed by atoms with Gasteiger partial charge < -0.3 is 5.32 Å². The van der Waals surface area contributed by atoms with E-state index >= 15 is 0 Å². The van der Waals surface area contributed by atoms with Crippen LogP contribution in [0.1, 0.15) is 37.1 Å². The Balaban J connectivity index is 2.08. The highest BCUT2D eigenvalue weighted by Crippen LogP contribution is 2.25. The van der Waals surface area contributed by atoms with Crippen molar-refractivity contribution in [3.8, 4) is 0 Å². The lowest BCUT2D eigenvalue weighted by Gasteiger charge is -2.21. The third kappa shape index (κ3) is 3.21. The predicted molar refractivity (Wildman–Crippen MR) is 80.5 cm³/mol. The molecule has 2 atom stereocenters. The predicted octanol–water partition coefficient (Wildman–Crippen LogP) is 4.86. The van der Waals surface area contributed by atoms with Gasteiger partial charge in [0, 0.05) is 16.6 Å². The van der Waals surface area contributed by atoms with E-state index in [9.17, 15) is 0 Å². The monoisotopic (exact) mass is 303 g/mol. The van der Waals surface area contributed by atoms with Crippen LogP contribution in [-0.4, -0.2) is 0 Å². The highest BCUT2D eigenvalue weighted by molar-refractivity contribution is 9.10. The minimum atomic E-state index is 0.316. The van der Waals surface area contributed by atoms with Crippen molar-refractivity contribution >= 4 is 15.9 Å². The summed E-state index contributed by atoms with van der Waals surface area (Å²) in [5.74, 6) is 0. The molecule has 2 aromatic rings. The van der Waals surface area contributed by atoms with Crippen molar-refractivity contribution in [2.24, 2.45) is 0 Å². The van der Waals surface area contributed by atoms with E-state index in [1.165, 1.54) is 11.1 Å². The Morgan fingerprint density at radius 1 is 0.833 bits per heavy atom. The molecule has 0 fully saturated rings. The largest absolute Gasteiger partial charge is 0.304 e. The van der Waals surface area contributed by atoms with Gasteiger partial charge in [-0.25, -0.2) is 0 Å². The lowest BCUT2D eigenvalue weighted by molar-refractivity contribution is 0.493. The van der Waals surface area contributed by atoms with Gasteiger partial charge in [0.25, 0.3) is 0 Å². The lowest BCUT2D eigenvalue weighted by Crippen LogP contribution is -2.22. The maximum absolute atomic E-state index is 3.62. The van der Waals surface area contributed by atoms with E-state index in [1.54, 1.807) is 0 Å². The number of hydrogen-bond acceptors (Lipinski definition) is 1. The van der Waals surface area contributed by atoms with Gasteiger partial charge in [-0.15, -0.1) is 0 Å². The van der Waals surface area contributed by atoms with E-state index in [1.807, 2.05) is 12.1 Å². The van der Waals surface area contributed by atoms with Gasteiger partial charge in [-0.2, -0.15) is 0 Å². The van der Waals surface area contributed by atoms with Gasteiger partial charge in [-0.05, 0) is 31.0 Å². The van der Waals surface area contributed by atoms with Crippen LogP contribution in [0.4, 0.5) is 0 Å². The summed E-state index contributed by atoms with van der Waals surface area (Å²) >= 11 is 3.60. The summed E-state index contributed by atoms with van der Waals surface area (Å²) in [6, 6.07) is 19.5. The first kappa shape index (κ1) is 13.3. The van der Waals surface area contributed by atoms with Crippen LogP contribution in [0.15, 0.2) is 59.1 Å². The number of rotatable bonds is 4. The maximum atomic E-state index is 3.62. The first-order valence-corrected chi connectivity index (χ1v) is 7.03. The Morgan fingerprint density at radius 3 is 2.11 bits per heavy atom. The molecule has 2 heteroatoms. The van der Waals surface area contributed by atoms with Crippen molar-refractivity contribution < 1.29 is 0 Å². The molecule has 0 saturated heterocycles. The van der Waals surface area contributed by atoms with Crippen molar-refractivity contribution in [1.29, 1.82) is 0 Å². The molecule has 94 valence electrons. The van der Waals surface area contributed by atoms with Crippen molar-refractivity contribution in [2.75, 3.05) is 0 Å². The van der Waals surface area contributed by atoms with Gasteiger partial charge in [0.2, 0.25) is 0 Å². The molecule has 0 aromatic heterocycles. The van der Waals surface area contributed by atoms with Crippen molar-refractivity contribution in [2.45, 2.75) is 25.9 Å². The highest BCUT2D eigenvalue weighted by Gasteiger charge is 2.12. The maximum Gasteiger partial charge on any atom is 0.0308 e. The standard InChI is InChI=1S/C16H18BrN/c1-12(14-8-4-3-5-9-14)18-13(2)15-10-6-7-11-16(15)17/h3-13,18H,1-2H3. The fourth-order valence-electron chi connectivity index (χ4n) is 2.13. The zero-order valence-corrected chi connectivity index (χ0v) is 12.3. The van der Waals surface area contributed by atoms with Gasteiger partial charge in [0.05, 0.1) is 0 Å². The topological polar surface area (TPSA) is 12.0 Å². The van der Waals surface area contributed by atoms with Crippen molar-refractivity contribution in [3.05, 3.63) is 70.2 Å². The highest BCUT2D eigenvalue weighted by atomic mass is 79.9. The summed E-state index contributed by atoms with van der Waals surface area (Å²) in [5, 5.41) is 3.62. The van der Waals surface area contributed by atoms with Crippen LogP contribution in [0.2, 0.25) is 0 Å². The van der Waals surface area contributed by atoms with Gasteiger partial charge >= 0.3 is 0 Å². The van der Waals surface area contributed by atoms with Gasteiger partial charge in [0.15, 0.2) is 0 Å². The molecular formula is C16H18BrN. The number of nitrogens with one attached hydrogen (secondary N) is 1. The summed E-state index contributed by atoms with van der Waals surface area (Å²) in [7, 11) is 0. The van der Waals surface area contributed by atoms with E-state index in [0.29, 0.717) is 12.1 Å². The minimum Gasteiger partial charge on any atom is -0.304 e. The summed E-state index contributed by atoms with van der Waals surface area (Å²) in [5.41, 5.74) is 2.61. The summed E-state index contributed by atoms with van der Waals surface area (Å²) in [6.07, 6.45) is 0. The molecule has 2 rings (SSSR count). The van der Waals surface area contributed by atoms with E-state index in [0.717, 1.165) is 4.47 Å². The van der Waals surface area contributed by atoms with Gasteiger partial charge in [-0.3, -0.25) is 0 Å². The van der Waals surface area contributed by atoms with Crippen LogP contribution in [0, 0.1) is 0 Å². The van der Waals surface area contributed by atoms with Crippen LogP contribution < -0.4 is 5.32 Å². The van der Waals surface area contributed by atoms with Crippen LogP contribution in [0.3, 0.4) is 0 Å². The third-order valence-corrected chi connectivity index (χ3v) is 3.89. The number of hydrogen-bond donors (Lipinski definition) is 1. The van der Waals surface area contributed by atoms with Crippen molar-refractivity contribution in [1.82, 2.24) is 5.32 Å².